The van der Waals surface area contributed by atoms with Gasteiger partial charge >= 0.3 is 12.1 Å². The Morgan fingerprint density at radius 3 is 1.90 bits per heavy atom. The predicted octanol–water partition coefficient (Wildman–Crippen LogP) is 6.34. The number of ether oxygens (including phenoxy) is 1. The number of aliphatic carboxylic acids is 1. The van der Waals surface area contributed by atoms with Gasteiger partial charge < -0.3 is 15.2 Å². The molecule has 1 amide bonds. The fourth-order valence-electron chi connectivity index (χ4n) is 5.12. The number of carbonyl (C=O) groups is 2. The lowest BCUT2D eigenvalue weighted by molar-refractivity contribution is -0.139. The molecule has 4 aromatic rings. The van der Waals surface area contributed by atoms with E-state index < -0.39 is 18.1 Å². The summed E-state index contributed by atoms with van der Waals surface area (Å²) in [5.74, 6) is -1.22. The van der Waals surface area contributed by atoms with E-state index in [2.05, 4.69) is 23.5 Å². The van der Waals surface area contributed by atoms with Crippen molar-refractivity contribution in [3.05, 3.63) is 119 Å². The molecule has 4 aromatic carbocycles. The fraction of sp³-hybridized carbons (Fsp3) is 0.182. The van der Waals surface area contributed by atoms with Gasteiger partial charge in [0.1, 0.15) is 12.6 Å². The zero-order chi connectivity index (χ0) is 27.2. The number of aryl methyl sites for hydroxylation is 1. The maximum atomic E-state index is 12.6. The summed E-state index contributed by atoms with van der Waals surface area (Å²) in [4.78, 5) is 24.6. The van der Waals surface area contributed by atoms with Gasteiger partial charge in [0.2, 0.25) is 0 Å². The summed E-state index contributed by atoms with van der Waals surface area (Å²) in [5.41, 5.74) is 8.39. The van der Waals surface area contributed by atoms with Crippen LogP contribution in [0, 0.1) is 11.3 Å². The molecule has 6 heteroatoms. The first-order valence-electron chi connectivity index (χ1n) is 12.9. The minimum atomic E-state index is -1.12. The number of carbonyl (C=O) groups excluding carboxylic acids is 1. The lowest BCUT2D eigenvalue weighted by atomic mass is 9.98. The van der Waals surface area contributed by atoms with E-state index in [-0.39, 0.29) is 18.9 Å². The second-order valence-electron chi connectivity index (χ2n) is 9.62. The lowest BCUT2D eigenvalue weighted by Crippen LogP contribution is -2.42. The van der Waals surface area contributed by atoms with Crippen LogP contribution in [-0.2, 0) is 22.4 Å². The second-order valence-corrected chi connectivity index (χ2v) is 9.62. The van der Waals surface area contributed by atoms with Gasteiger partial charge in [0.15, 0.2) is 0 Å². The first kappa shape index (κ1) is 25.7. The average Bonchev–Trinajstić information content (AvgIpc) is 3.29. The van der Waals surface area contributed by atoms with Crippen LogP contribution in [0.15, 0.2) is 97.1 Å². The van der Waals surface area contributed by atoms with Crippen LogP contribution in [0.4, 0.5) is 4.79 Å². The SMILES string of the molecule is N#CCCc1ccc(-c2ccc(C[C@H](NC(=O)OCC3c4ccccc4-c4ccccc43)C(=O)O)cc2)cc1. The lowest BCUT2D eigenvalue weighted by Gasteiger charge is -2.17. The molecule has 0 spiro atoms. The molecule has 0 aliphatic heterocycles. The van der Waals surface area contributed by atoms with E-state index in [1.165, 1.54) is 0 Å². The van der Waals surface area contributed by atoms with E-state index >= 15 is 0 Å². The van der Waals surface area contributed by atoms with Crippen molar-refractivity contribution in [1.82, 2.24) is 5.32 Å². The van der Waals surface area contributed by atoms with Crippen LogP contribution in [0.2, 0.25) is 0 Å². The Hall–Kier alpha value is -4.89. The first-order chi connectivity index (χ1) is 19.0. The number of hydrogen-bond acceptors (Lipinski definition) is 4. The maximum Gasteiger partial charge on any atom is 0.407 e. The Kier molecular flexibility index (Phi) is 7.70. The second kappa shape index (κ2) is 11.7. The number of rotatable bonds is 9. The number of carboxylic acid groups (broad SMARTS) is 1. The van der Waals surface area contributed by atoms with Crippen molar-refractivity contribution < 1.29 is 19.4 Å². The van der Waals surface area contributed by atoms with Crippen molar-refractivity contribution in [3.63, 3.8) is 0 Å². The average molecular weight is 517 g/mol. The zero-order valence-corrected chi connectivity index (χ0v) is 21.3. The summed E-state index contributed by atoms with van der Waals surface area (Å²) in [5, 5.41) is 21.0. The molecule has 2 N–H and O–H groups in total. The number of fused-ring (bicyclic) bond motifs is 3. The van der Waals surface area contributed by atoms with Crippen LogP contribution in [0.3, 0.4) is 0 Å². The molecular formula is C33H28N2O4. The maximum absolute atomic E-state index is 12.6. The van der Waals surface area contributed by atoms with E-state index in [0.29, 0.717) is 6.42 Å². The molecule has 1 atom stereocenters. The third-order valence-electron chi connectivity index (χ3n) is 7.14. The zero-order valence-electron chi connectivity index (χ0n) is 21.3. The smallest absolute Gasteiger partial charge is 0.407 e. The Morgan fingerprint density at radius 2 is 1.36 bits per heavy atom. The van der Waals surface area contributed by atoms with Gasteiger partial charge in [0.25, 0.3) is 0 Å². The number of nitrogens with one attached hydrogen (secondary N) is 1. The van der Waals surface area contributed by atoms with Crippen molar-refractivity contribution in [1.29, 1.82) is 5.26 Å². The quantitative estimate of drug-likeness (QED) is 0.270. The summed E-state index contributed by atoms with van der Waals surface area (Å²) < 4.78 is 5.54. The Bertz CT molecular complexity index is 1480. The van der Waals surface area contributed by atoms with Gasteiger partial charge in [-0.25, -0.2) is 9.59 Å². The largest absolute Gasteiger partial charge is 0.480 e. The molecule has 194 valence electrons. The molecule has 0 saturated carbocycles. The van der Waals surface area contributed by atoms with Crippen LogP contribution >= 0.6 is 0 Å². The van der Waals surface area contributed by atoms with Crippen molar-refractivity contribution in [2.45, 2.75) is 31.2 Å². The van der Waals surface area contributed by atoms with Crippen LogP contribution in [0.25, 0.3) is 22.3 Å². The number of alkyl carbamates (subject to hydrolysis) is 1. The van der Waals surface area contributed by atoms with E-state index in [1.807, 2.05) is 84.9 Å². The van der Waals surface area contributed by atoms with Gasteiger partial charge in [-0.3, -0.25) is 0 Å². The Morgan fingerprint density at radius 1 is 0.821 bits per heavy atom. The van der Waals surface area contributed by atoms with Crippen molar-refractivity contribution in [2.24, 2.45) is 0 Å². The minimum absolute atomic E-state index is 0.0978. The molecule has 5 rings (SSSR count). The number of hydrogen-bond donors (Lipinski definition) is 2. The van der Waals surface area contributed by atoms with Gasteiger partial charge in [0.05, 0.1) is 6.07 Å². The number of benzene rings is 4. The van der Waals surface area contributed by atoms with Gasteiger partial charge in [-0.1, -0.05) is 97.1 Å². The molecule has 0 heterocycles. The number of carboxylic acids is 1. The molecule has 39 heavy (non-hydrogen) atoms. The number of nitriles is 1. The molecule has 1 aliphatic rings. The molecular weight excluding hydrogens is 488 g/mol. The highest BCUT2D eigenvalue weighted by Gasteiger charge is 2.29. The van der Waals surface area contributed by atoms with Gasteiger partial charge in [0, 0.05) is 18.8 Å². The fourth-order valence-corrected chi connectivity index (χ4v) is 5.12. The van der Waals surface area contributed by atoms with E-state index in [4.69, 9.17) is 10.00 Å². The minimum Gasteiger partial charge on any atom is -0.480 e. The highest BCUT2D eigenvalue weighted by atomic mass is 16.5. The summed E-state index contributed by atoms with van der Waals surface area (Å²) in [6, 6.07) is 32.8. The summed E-state index contributed by atoms with van der Waals surface area (Å²) in [7, 11) is 0. The molecule has 0 bridgehead atoms. The molecule has 0 aromatic heterocycles. The summed E-state index contributed by atoms with van der Waals surface area (Å²) >= 11 is 0. The normalized spacial score (nSPS) is 12.6. The van der Waals surface area contributed by atoms with Crippen LogP contribution < -0.4 is 5.32 Å². The molecule has 6 nitrogen and oxygen atoms in total. The topological polar surface area (TPSA) is 99.4 Å². The Labute approximate surface area is 227 Å². The molecule has 1 aliphatic carbocycles. The van der Waals surface area contributed by atoms with E-state index in [9.17, 15) is 14.7 Å². The van der Waals surface area contributed by atoms with Gasteiger partial charge in [-0.2, -0.15) is 5.26 Å². The third kappa shape index (κ3) is 5.83. The predicted molar refractivity (Wildman–Crippen MR) is 149 cm³/mol. The molecule has 0 unspecified atom stereocenters. The van der Waals surface area contributed by atoms with Crippen molar-refractivity contribution >= 4 is 12.1 Å². The van der Waals surface area contributed by atoms with E-state index in [1.54, 1.807) is 0 Å². The summed E-state index contributed by atoms with van der Waals surface area (Å²) in [6.45, 7) is 0.121. The third-order valence-corrected chi connectivity index (χ3v) is 7.14. The standard InChI is InChI=1S/C33H28N2O4/c34-19-5-6-22-11-15-24(16-12-22)25-17-13-23(14-18-25)20-31(32(36)37)35-33(38)39-21-30-28-9-3-1-7-26(28)27-8-2-4-10-29(27)30/h1-4,7-18,30-31H,5-6,20-21H2,(H,35,38)(H,36,37)/t31-/m0/s1. The highest BCUT2D eigenvalue weighted by Crippen LogP contribution is 2.44. The highest BCUT2D eigenvalue weighted by molar-refractivity contribution is 5.81. The van der Waals surface area contributed by atoms with E-state index in [0.717, 1.165) is 50.9 Å². The Balaban J connectivity index is 1.20. The molecule has 0 fully saturated rings. The number of amides is 1. The van der Waals surface area contributed by atoms with Gasteiger partial charge in [-0.15, -0.1) is 0 Å². The van der Waals surface area contributed by atoms with Gasteiger partial charge in [-0.05, 0) is 50.9 Å². The van der Waals surface area contributed by atoms with Crippen molar-refractivity contribution in [2.75, 3.05) is 6.61 Å². The van der Waals surface area contributed by atoms with Crippen LogP contribution in [-0.4, -0.2) is 29.8 Å². The van der Waals surface area contributed by atoms with Crippen molar-refractivity contribution in [3.8, 4) is 28.3 Å². The molecule has 0 saturated heterocycles. The van der Waals surface area contributed by atoms with Crippen LogP contribution in [0.1, 0.15) is 34.6 Å². The molecule has 0 radical (unpaired) electrons. The summed E-state index contributed by atoms with van der Waals surface area (Å²) in [6.07, 6.45) is 0.594. The first-order valence-corrected chi connectivity index (χ1v) is 12.9. The monoisotopic (exact) mass is 516 g/mol. The number of nitrogens with zero attached hydrogens (tertiary/aromatic N) is 1. The van der Waals surface area contributed by atoms with Crippen LogP contribution in [0.5, 0.6) is 0 Å².